The third-order valence-electron chi connectivity index (χ3n) is 6.05. The van der Waals surface area contributed by atoms with E-state index in [1.54, 1.807) is 42.5 Å². The number of hydrogen-bond acceptors (Lipinski definition) is 4. The van der Waals surface area contributed by atoms with Crippen LogP contribution in [-0.4, -0.2) is 22.7 Å². The van der Waals surface area contributed by atoms with Gasteiger partial charge in [0.05, 0.1) is 11.6 Å². The third-order valence-corrected chi connectivity index (χ3v) is 6.94. The lowest BCUT2D eigenvalue weighted by atomic mass is 9.94. The molecule has 0 spiro atoms. The topological polar surface area (TPSA) is 86.7 Å². The Bertz CT molecular complexity index is 1340. The number of Topliss-reactive ketones (excluding diaryl/α,β-unsaturated/α-hetero) is 1. The van der Waals surface area contributed by atoms with Gasteiger partial charge < -0.3 is 10.4 Å². The fourth-order valence-corrected chi connectivity index (χ4v) is 4.45. The Labute approximate surface area is 212 Å². The summed E-state index contributed by atoms with van der Waals surface area (Å²) in [4.78, 5) is 39.4. The molecule has 1 saturated heterocycles. The van der Waals surface area contributed by atoms with Gasteiger partial charge in [0.1, 0.15) is 5.76 Å². The Kier molecular flexibility index (Phi) is 6.89. The van der Waals surface area contributed by atoms with Crippen LogP contribution in [-0.2, 0) is 20.8 Å². The van der Waals surface area contributed by atoms with Crippen molar-refractivity contribution in [2.75, 3.05) is 10.2 Å². The van der Waals surface area contributed by atoms with Crippen molar-refractivity contribution in [2.24, 2.45) is 0 Å². The van der Waals surface area contributed by atoms with Crippen LogP contribution >= 0.6 is 15.9 Å². The first-order chi connectivity index (χ1) is 16.7. The number of nitrogens with one attached hydrogen (secondary N) is 1. The Hall–Kier alpha value is -3.71. The molecule has 7 heteroatoms. The average Bonchev–Trinajstić information content (AvgIpc) is 3.11. The molecular weight excluding hydrogens is 508 g/mol. The van der Waals surface area contributed by atoms with Crippen LogP contribution < -0.4 is 10.2 Å². The van der Waals surface area contributed by atoms with Crippen LogP contribution in [0.15, 0.2) is 76.8 Å². The monoisotopic (exact) mass is 532 g/mol. The standard InChI is InChI=1S/C28H25BrN2O4/c1-4-18-5-7-19(8-6-18)25-24(26(33)20-9-14-23(29)16(2)15-20)27(34)28(35)31(25)22-12-10-21(11-13-22)30-17(3)32/h5-15,25,33H,4H2,1-3H3,(H,30,32)/b26-24-. The first-order valence-electron chi connectivity index (χ1n) is 11.2. The molecule has 178 valence electrons. The highest BCUT2D eigenvalue weighted by atomic mass is 79.9. The summed E-state index contributed by atoms with van der Waals surface area (Å²) in [5, 5.41) is 14.0. The first-order valence-corrected chi connectivity index (χ1v) is 12.0. The van der Waals surface area contributed by atoms with Crippen LogP contribution in [0.2, 0.25) is 0 Å². The zero-order valence-corrected chi connectivity index (χ0v) is 21.2. The molecule has 2 amide bonds. The fraction of sp³-hybridized carbons (Fsp3) is 0.179. The predicted molar refractivity (Wildman–Crippen MR) is 140 cm³/mol. The molecule has 2 N–H and O–H groups in total. The zero-order valence-electron chi connectivity index (χ0n) is 19.6. The lowest BCUT2D eigenvalue weighted by Gasteiger charge is -2.26. The molecule has 1 aliphatic heterocycles. The van der Waals surface area contributed by atoms with Crippen LogP contribution in [0, 0.1) is 6.92 Å². The number of carbonyl (C=O) groups excluding carboxylic acids is 3. The summed E-state index contributed by atoms with van der Waals surface area (Å²) in [6, 6.07) is 18.8. The molecule has 4 rings (SSSR count). The summed E-state index contributed by atoms with van der Waals surface area (Å²) in [6.07, 6.45) is 0.850. The minimum absolute atomic E-state index is 0.0342. The van der Waals surface area contributed by atoms with E-state index in [9.17, 15) is 19.5 Å². The molecule has 0 aromatic heterocycles. The van der Waals surface area contributed by atoms with E-state index >= 15 is 0 Å². The molecule has 1 atom stereocenters. The summed E-state index contributed by atoms with van der Waals surface area (Å²) in [7, 11) is 0. The van der Waals surface area contributed by atoms with Gasteiger partial charge in [-0.25, -0.2) is 0 Å². The van der Waals surface area contributed by atoms with Crippen LogP contribution in [0.25, 0.3) is 5.76 Å². The number of halogens is 1. The second kappa shape index (κ2) is 9.88. The molecule has 1 fully saturated rings. The van der Waals surface area contributed by atoms with Gasteiger partial charge in [-0.2, -0.15) is 0 Å². The molecule has 0 saturated carbocycles. The van der Waals surface area contributed by atoms with Gasteiger partial charge >= 0.3 is 0 Å². The van der Waals surface area contributed by atoms with Crippen molar-refractivity contribution in [3.63, 3.8) is 0 Å². The van der Waals surface area contributed by atoms with Gasteiger partial charge in [-0.15, -0.1) is 0 Å². The number of aliphatic hydroxyl groups excluding tert-OH is 1. The Morgan fingerprint density at radius 2 is 1.69 bits per heavy atom. The first kappa shape index (κ1) is 24.4. The Morgan fingerprint density at radius 3 is 2.26 bits per heavy atom. The van der Waals surface area contributed by atoms with E-state index in [0.29, 0.717) is 22.5 Å². The number of nitrogens with zero attached hydrogens (tertiary/aromatic N) is 1. The minimum atomic E-state index is -0.809. The number of amides is 2. The highest BCUT2D eigenvalue weighted by molar-refractivity contribution is 9.10. The maximum atomic E-state index is 13.3. The fourth-order valence-electron chi connectivity index (χ4n) is 4.21. The van der Waals surface area contributed by atoms with Gasteiger partial charge in [-0.1, -0.05) is 53.2 Å². The number of benzene rings is 3. The van der Waals surface area contributed by atoms with Crippen molar-refractivity contribution in [2.45, 2.75) is 33.2 Å². The van der Waals surface area contributed by atoms with Crippen molar-refractivity contribution in [1.29, 1.82) is 0 Å². The van der Waals surface area contributed by atoms with Gasteiger partial charge in [0, 0.05) is 28.3 Å². The highest BCUT2D eigenvalue weighted by Crippen LogP contribution is 2.42. The summed E-state index contributed by atoms with van der Waals surface area (Å²) >= 11 is 3.45. The lowest BCUT2D eigenvalue weighted by Crippen LogP contribution is -2.29. The van der Waals surface area contributed by atoms with Crippen molar-refractivity contribution in [3.05, 3.63) is 99.0 Å². The molecule has 3 aromatic rings. The molecular formula is C28H25BrN2O4. The molecule has 1 unspecified atom stereocenters. The van der Waals surface area contributed by atoms with Crippen molar-refractivity contribution >= 4 is 50.7 Å². The molecule has 0 aliphatic carbocycles. The molecule has 0 radical (unpaired) electrons. The summed E-state index contributed by atoms with van der Waals surface area (Å²) < 4.78 is 0.875. The largest absolute Gasteiger partial charge is 0.507 e. The van der Waals surface area contributed by atoms with E-state index in [0.717, 1.165) is 22.0 Å². The molecule has 1 aliphatic rings. The van der Waals surface area contributed by atoms with Crippen LogP contribution in [0.1, 0.15) is 42.1 Å². The summed E-state index contributed by atoms with van der Waals surface area (Å²) in [5.41, 5.74) is 4.27. The number of hydrogen-bond donors (Lipinski definition) is 2. The van der Waals surface area contributed by atoms with Crippen LogP contribution in [0.5, 0.6) is 0 Å². The molecule has 0 bridgehead atoms. The van der Waals surface area contributed by atoms with Crippen LogP contribution in [0.4, 0.5) is 11.4 Å². The zero-order chi connectivity index (χ0) is 25.3. The maximum Gasteiger partial charge on any atom is 0.300 e. The third kappa shape index (κ3) is 4.77. The normalized spacial score (nSPS) is 17.0. The van der Waals surface area contributed by atoms with E-state index in [4.69, 9.17) is 0 Å². The van der Waals surface area contributed by atoms with Gasteiger partial charge in [0.2, 0.25) is 5.91 Å². The maximum absolute atomic E-state index is 13.3. The quantitative estimate of drug-likeness (QED) is 0.243. The number of carbonyl (C=O) groups is 3. The summed E-state index contributed by atoms with van der Waals surface area (Å²) in [5.74, 6) is -1.91. The summed E-state index contributed by atoms with van der Waals surface area (Å²) in [6.45, 7) is 5.35. The number of rotatable bonds is 5. The molecule has 6 nitrogen and oxygen atoms in total. The van der Waals surface area contributed by atoms with E-state index < -0.39 is 17.7 Å². The highest BCUT2D eigenvalue weighted by Gasteiger charge is 2.47. The number of aliphatic hydroxyl groups is 1. The van der Waals surface area contributed by atoms with E-state index in [2.05, 4.69) is 21.2 Å². The Balaban J connectivity index is 1.88. The van der Waals surface area contributed by atoms with Crippen molar-refractivity contribution < 1.29 is 19.5 Å². The number of anilines is 2. The van der Waals surface area contributed by atoms with Gasteiger partial charge in [-0.05, 0) is 66.4 Å². The predicted octanol–water partition coefficient (Wildman–Crippen LogP) is 5.90. The molecule has 1 heterocycles. The number of aryl methyl sites for hydroxylation is 2. The Morgan fingerprint density at radius 1 is 1.03 bits per heavy atom. The van der Waals surface area contributed by atoms with E-state index in [-0.39, 0.29) is 17.2 Å². The second-order valence-electron chi connectivity index (χ2n) is 8.46. The van der Waals surface area contributed by atoms with Gasteiger partial charge in [0.25, 0.3) is 11.7 Å². The average molecular weight is 533 g/mol. The second-order valence-corrected chi connectivity index (χ2v) is 9.31. The van der Waals surface area contributed by atoms with Crippen molar-refractivity contribution in [3.8, 4) is 0 Å². The SMILES string of the molecule is CCc1ccc(C2/C(=C(/O)c3ccc(Br)c(C)c3)C(=O)C(=O)N2c2ccc(NC(C)=O)cc2)cc1. The molecule has 3 aromatic carbocycles. The van der Waals surface area contributed by atoms with Crippen molar-refractivity contribution in [1.82, 2.24) is 0 Å². The van der Waals surface area contributed by atoms with Gasteiger partial charge in [0.15, 0.2) is 0 Å². The molecule has 35 heavy (non-hydrogen) atoms. The van der Waals surface area contributed by atoms with Gasteiger partial charge in [-0.3, -0.25) is 19.3 Å². The van der Waals surface area contributed by atoms with E-state index in [1.807, 2.05) is 38.1 Å². The number of ketones is 1. The minimum Gasteiger partial charge on any atom is -0.507 e. The lowest BCUT2D eigenvalue weighted by molar-refractivity contribution is -0.132. The van der Waals surface area contributed by atoms with Crippen LogP contribution in [0.3, 0.4) is 0 Å². The smallest absolute Gasteiger partial charge is 0.300 e. The van der Waals surface area contributed by atoms with E-state index in [1.165, 1.54) is 11.8 Å².